The molecule has 0 aromatic carbocycles. The Morgan fingerprint density at radius 2 is 2.15 bits per heavy atom. The van der Waals surface area contributed by atoms with Crippen molar-refractivity contribution in [2.75, 3.05) is 0 Å². The van der Waals surface area contributed by atoms with Gasteiger partial charge in [-0.3, -0.25) is 9.59 Å². The Labute approximate surface area is 75.8 Å². The van der Waals surface area contributed by atoms with Crippen LogP contribution in [0.25, 0.3) is 0 Å². The van der Waals surface area contributed by atoms with Crippen molar-refractivity contribution in [3.05, 3.63) is 35.6 Å². The minimum Gasteiger partial charge on any atom is -0.332 e. The molecule has 0 bridgehead atoms. The smallest absolute Gasteiger partial charge is 0.228 e. The van der Waals surface area contributed by atoms with Gasteiger partial charge in [0.15, 0.2) is 5.78 Å². The van der Waals surface area contributed by atoms with E-state index in [9.17, 15) is 9.59 Å². The summed E-state index contributed by atoms with van der Waals surface area (Å²) in [5.41, 5.74) is 1.46. The molecule has 3 nitrogen and oxygen atoms in total. The molecule has 66 valence electrons. The Morgan fingerprint density at radius 3 is 3.00 bits per heavy atom. The highest BCUT2D eigenvalue weighted by Crippen LogP contribution is 2.21. The van der Waals surface area contributed by atoms with Crippen molar-refractivity contribution in [3.63, 3.8) is 0 Å². The van der Waals surface area contributed by atoms with E-state index in [1.165, 1.54) is 6.20 Å². The molecule has 0 aromatic rings. The fourth-order valence-corrected chi connectivity index (χ4v) is 1.44. The number of carbonyl (C=O) groups is 2. The average Bonchev–Trinajstić information content (AvgIpc) is 2.28. The van der Waals surface area contributed by atoms with E-state index in [1.54, 1.807) is 6.08 Å². The highest BCUT2D eigenvalue weighted by atomic mass is 16.1. The number of hydrogen-bond donors (Lipinski definition) is 1. The van der Waals surface area contributed by atoms with E-state index in [2.05, 4.69) is 5.32 Å². The molecule has 2 aliphatic rings. The van der Waals surface area contributed by atoms with E-state index in [0.717, 1.165) is 5.57 Å². The predicted octanol–water partition coefficient (Wildman–Crippen LogP) is 0.846. The van der Waals surface area contributed by atoms with E-state index in [1.807, 2.05) is 12.2 Å². The molecule has 0 fully saturated rings. The number of ketones is 1. The Hall–Kier alpha value is -1.64. The summed E-state index contributed by atoms with van der Waals surface area (Å²) in [6, 6.07) is 0. The predicted molar refractivity (Wildman–Crippen MR) is 47.7 cm³/mol. The second-order valence-electron chi connectivity index (χ2n) is 3.05. The molecule has 1 N–H and O–H groups in total. The number of carbonyl (C=O) groups excluding carboxylic acids is 2. The van der Waals surface area contributed by atoms with Crippen molar-refractivity contribution in [2.24, 2.45) is 0 Å². The molecule has 2 rings (SSSR count). The quantitative estimate of drug-likeness (QED) is 0.593. The normalized spacial score (nSPS) is 21.2. The van der Waals surface area contributed by atoms with E-state index in [4.69, 9.17) is 0 Å². The molecule has 1 aliphatic carbocycles. The van der Waals surface area contributed by atoms with Crippen LogP contribution in [-0.4, -0.2) is 11.7 Å². The van der Waals surface area contributed by atoms with E-state index in [-0.39, 0.29) is 11.7 Å². The molecule has 0 unspecified atom stereocenters. The van der Waals surface area contributed by atoms with Crippen molar-refractivity contribution in [3.8, 4) is 0 Å². The summed E-state index contributed by atoms with van der Waals surface area (Å²) in [5, 5.41) is 2.55. The lowest BCUT2D eigenvalue weighted by Gasteiger charge is -2.14. The molecule has 1 heterocycles. The topological polar surface area (TPSA) is 46.2 Å². The summed E-state index contributed by atoms with van der Waals surface area (Å²) in [6.45, 7) is 0. The molecule has 1 amide bonds. The zero-order valence-corrected chi connectivity index (χ0v) is 7.04. The van der Waals surface area contributed by atoms with Crippen LogP contribution in [0.2, 0.25) is 0 Å². The first-order valence-electron chi connectivity index (χ1n) is 4.16. The van der Waals surface area contributed by atoms with Gasteiger partial charge in [0.2, 0.25) is 5.91 Å². The first kappa shape index (κ1) is 7.98. The Balaban J connectivity index is 2.42. The molecule has 0 saturated carbocycles. The molecule has 13 heavy (non-hydrogen) atoms. The van der Waals surface area contributed by atoms with Crippen LogP contribution < -0.4 is 5.32 Å². The molecule has 0 atom stereocenters. The molecule has 0 saturated heterocycles. The Bertz CT molecular complexity index is 361. The van der Waals surface area contributed by atoms with Gasteiger partial charge in [-0.15, -0.1) is 0 Å². The van der Waals surface area contributed by atoms with Gasteiger partial charge >= 0.3 is 0 Å². The highest BCUT2D eigenvalue weighted by molar-refractivity contribution is 6.04. The van der Waals surface area contributed by atoms with Crippen molar-refractivity contribution in [1.29, 1.82) is 0 Å². The van der Waals surface area contributed by atoms with Gasteiger partial charge in [-0.2, -0.15) is 0 Å². The van der Waals surface area contributed by atoms with Gasteiger partial charge < -0.3 is 5.32 Å². The van der Waals surface area contributed by atoms with E-state index >= 15 is 0 Å². The third-order valence-corrected chi connectivity index (χ3v) is 2.11. The second kappa shape index (κ2) is 3.01. The van der Waals surface area contributed by atoms with Crippen LogP contribution in [0.15, 0.2) is 35.6 Å². The van der Waals surface area contributed by atoms with Gasteiger partial charge in [-0.1, -0.05) is 18.2 Å². The highest BCUT2D eigenvalue weighted by Gasteiger charge is 2.21. The maximum atomic E-state index is 11.4. The zero-order valence-electron chi connectivity index (χ0n) is 7.04. The molecule has 0 radical (unpaired) electrons. The molecule has 1 aliphatic heterocycles. The van der Waals surface area contributed by atoms with Crippen LogP contribution in [0.3, 0.4) is 0 Å². The maximum absolute atomic E-state index is 11.4. The summed E-state index contributed by atoms with van der Waals surface area (Å²) in [4.78, 5) is 22.4. The number of nitrogens with one attached hydrogen (secondary N) is 1. The fraction of sp³-hybridized carbons (Fsp3) is 0.200. The maximum Gasteiger partial charge on any atom is 0.228 e. The van der Waals surface area contributed by atoms with E-state index < -0.39 is 0 Å². The Kier molecular flexibility index (Phi) is 1.85. The van der Waals surface area contributed by atoms with Crippen molar-refractivity contribution >= 4 is 11.7 Å². The fourth-order valence-electron chi connectivity index (χ4n) is 1.44. The molecule has 3 heteroatoms. The van der Waals surface area contributed by atoms with Gasteiger partial charge in [0.25, 0.3) is 0 Å². The number of amides is 1. The minimum atomic E-state index is -0.0573. The van der Waals surface area contributed by atoms with Crippen LogP contribution in [0.5, 0.6) is 0 Å². The van der Waals surface area contributed by atoms with Crippen molar-refractivity contribution < 1.29 is 9.59 Å². The molecule has 0 aromatic heterocycles. The third-order valence-electron chi connectivity index (χ3n) is 2.11. The van der Waals surface area contributed by atoms with Gasteiger partial charge in [0.1, 0.15) is 0 Å². The second-order valence-corrected chi connectivity index (χ2v) is 3.05. The van der Waals surface area contributed by atoms with Crippen LogP contribution in [-0.2, 0) is 9.59 Å². The van der Waals surface area contributed by atoms with Crippen LogP contribution >= 0.6 is 0 Å². The SMILES string of the molecule is O=C1CC2=CC=CCC(=O)C2=CN1. The van der Waals surface area contributed by atoms with Crippen LogP contribution in [0.1, 0.15) is 12.8 Å². The molecular formula is C10H9NO2. The number of allylic oxidation sites excluding steroid dienone is 4. The monoisotopic (exact) mass is 175 g/mol. The number of Topliss-reactive ketones (excluding diaryl/α,β-unsaturated/α-hetero) is 1. The lowest BCUT2D eigenvalue weighted by molar-refractivity contribution is -0.119. The van der Waals surface area contributed by atoms with Gasteiger partial charge in [-0.05, 0) is 5.57 Å². The van der Waals surface area contributed by atoms with Crippen LogP contribution in [0.4, 0.5) is 0 Å². The van der Waals surface area contributed by atoms with Crippen molar-refractivity contribution in [2.45, 2.75) is 12.8 Å². The molecular weight excluding hydrogens is 166 g/mol. The third kappa shape index (κ3) is 1.45. The summed E-state index contributed by atoms with van der Waals surface area (Å²) in [5.74, 6) is 0.0121. The van der Waals surface area contributed by atoms with Gasteiger partial charge in [-0.25, -0.2) is 0 Å². The first-order chi connectivity index (χ1) is 6.27. The number of fused-ring (bicyclic) bond motifs is 1. The average molecular weight is 175 g/mol. The summed E-state index contributed by atoms with van der Waals surface area (Å²) >= 11 is 0. The van der Waals surface area contributed by atoms with Crippen LogP contribution in [0, 0.1) is 0 Å². The summed E-state index contributed by atoms with van der Waals surface area (Å²) in [7, 11) is 0. The number of rotatable bonds is 0. The lowest BCUT2D eigenvalue weighted by Crippen LogP contribution is -2.25. The van der Waals surface area contributed by atoms with Gasteiger partial charge in [0.05, 0.1) is 6.42 Å². The zero-order chi connectivity index (χ0) is 9.26. The molecule has 0 spiro atoms. The largest absolute Gasteiger partial charge is 0.332 e. The van der Waals surface area contributed by atoms with E-state index in [0.29, 0.717) is 18.4 Å². The van der Waals surface area contributed by atoms with Crippen molar-refractivity contribution in [1.82, 2.24) is 5.32 Å². The summed E-state index contributed by atoms with van der Waals surface area (Å²) < 4.78 is 0. The summed E-state index contributed by atoms with van der Waals surface area (Å²) in [6.07, 6.45) is 7.69. The number of hydrogen-bond acceptors (Lipinski definition) is 2. The standard InChI is InChI=1S/C10H9NO2/c12-9-4-2-1-3-7-5-10(13)11-6-8(7)9/h1-3,6H,4-5H2,(H,11,13). The Morgan fingerprint density at radius 1 is 1.31 bits per heavy atom. The van der Waals surface area contributed by atoms with Gasteiger partial charge in [0, 0.05) is 18.2 Å². The minimum absolute atomic E-state index is 0.0573. The lowest BCUT2D eigenvalue weighted by atomic mass is 9.97. The first-order valence-corrected chi connectivity index (χ1v) is 4.16.